The third-order valence-electron chi connectivity index (χ3n) is 4.86. The summed E-state index contributed by atoms with van der Waals surface area (Å²) in [5.74, 6) is -49.7. The molecule has 0 aromatic heterocycles. The summed E-state index contributed by atoms with van der Waals surface area (Å²) in [5.41, 5.74) is -6.38. The van der Waals surface area contributed by atoms with E-state index in [1.807, 2.05) is 0 Å². The van der Waals surface area contributed by atoms with Crippen molar-refractivity contribution < 1.29 is 79.1 Å². The zero-order chi connectivity index (χ0) is 26.0. The molecule has 1 fully saturated rings. The second kappa shape index (κ2) is 7.49. The normalized spacial score (nSPS) is 23.4. The molecule has 1 rings (SSSR count). The Hall–Kier alpha value is -1.01. The Morgan fingerprint density at radius 3 is 1.16 bits per heavy atom. The average molecular weight is 534 g/mol. The fourth-order valence-electron chi connectivity index (χ4n) is 2.68. The zero-order valence-corrected chi connectivity index (χ0v) is 16.2. The van der Waals surface area contributed by atoms with Gasteiger partial charge in [-0.3, -0.25) is 0 Å². The van der Waals surface area contributed by atoms with Gasteiger partial charge in [-0.1, -0.05) is 6.42 Å². The van der Waals surface area contributed by atoms with Crippen molar-refractivity contribution in [3.8, 4) is 0 Å². The van der Waals surface area contributed by atoms with Crippen LogP contribution in [0.5, 0.6) is 0 Å². The van der Waals surface area contributed by atoms with E-state index in [1.54, 1.807) is 0 Å². The molecular formula is C13H11F17OSi. The van der Waals surface area contributed by atoms with E-state index in [4.69, 9.17) is 0 Å². The lowest BCUT2D eigenvalue weighted by molar-refractivity contribution is -0.459. The highest BCUT2D eigenvalue weighted by Crippen LogP contribution is 2.65. The first-order chi connectivity index (χ1) is 13.7. The molecule has 0 aliphatic carbocycles. The standard InChI is InChI=1S/C13H11F17OSi/c1-32(5-3-2-4-31-32)13(29,30)11(24,25)9(20,21)7(16,17)6(14,15)8(18,19)10(22,23)12(26,27)28/h2-5H2,1H3. The van der Waals surface area contributed by atoms with Crippen molar-refractivity contribution in [1.29, 1.82) is 0 Å². The predicted octanol–water partition coefficient (Wildman–Crippen LogP) is 6.92. The maximum absolute atomic E-state index is 14.2. The van der Waals surface area contributed by atoms with E-state index < -0.39 is 74.6 Å². The first kappa shape index (κ1) is 29.0. The summed E-state index contributed by atoms with van der Waals surface area (Å²) in [5, 5.41) is 0. The lowest BCUT2D eigenvalue weighted by Crippen LogP contribution is -2.77. The molecule has 0 saturated carbocycles. The molecule has 19 heteroatoms. The van der Waals surface area contributed by atoms with E-state index in [0.29, 0.717) is 0 Å². The fourth-order valence-corrected chi connectivity index (χ4v) is 5.66. The van der Waals surface area contributed by atoms with Gasteiger partial charge in [0.25, 0.3) is 8.32 Å². The Balaban J connectivity index is 3.65. The molecule has 0 bridgehead atoms. The molecule has 1 saturated heterocycles. The zero-order valence-electron chi connectivity index (χ0n) is 15.2. The smallest absolute Gasteiger partial charge is 0.410 e. The molecule has 0 spiro atoms. The van der Waals surface area contributed by atoms with Crippen molar-refractivity contribution in [3.05, 3.63) is 0 Å². The Morgan fingerprint density at radius 1 is 0.500 bits per heavy atom. The van der Waals surface area contributed by atoms with Crippen molar-refractivity contribution in [1.82, 2.24) is 0 Å². The molecule has 1 unspecified atom stereocenters. The summed E-state index contributed by atoms with van der Waals surface area (Å²) < 4.78 is 230. The van der Waals surface area contributed by atoms with Crippen LogP contribution in [0.3, 0.4) is 0 Å². The Morgan fingerprint density at radius 2 is 0.844 bits per heavy atom. The molecule has 32 heavy (non-hydrogen) atoms. The maximum atomic E-state index is 14.2. The molecule has 192 valence electrons. The summed E-state index contributed by atoms with van der Waals surface area (Å²) in [6.45, 7) is -0.665. The van der Waals surface area contributed by atoms with Gasteiger partial charge in [-0.25, -0.2) is 8.78 Å². The highest BCUT2D eigenvalue weighted by atomic mass is 28.4. The molecule has 0 aromatic carbocycles. The molecule has 1 atom stereocenters. The van der Waals surface area contributed by atoms with Crippen LogP contribution in [-0.4, -0.2) is 62.2 Å². The molecular weight excluding hydrogens is 523 g/mol. The molecule has 1 aliphatic rings. The predicted molar refractivity (Wildman–Crippen MR) is 72.3 cm³/mol. The van der Waals surface area contributed by atoms with E-state index in [0.717, 1.165) is 0 Å². The van der Waals surface area contributed by atoms with Crippen molar-refractivity contribution in [3.63, 3.8) is 0 Å². The average Bonchev–Trinajstić information content (AvgIpc) is 2.60. The highest BCUT2D eigenvalue weighted by Gasteiger charge is 2.96. The van der Waals surface area contributed by atoms with Gasteiger partial charge in [-0.15, -0.1) is 0 Å². The number of hydrogen-bond acceptors (Lipinski definition) is 1. The highest BCUT2D eigenvalue weighted by molar-refractivity contribution is 6.75. The van der Waals surface area contributed by atoms with Crippen LogP contribution in [0, 0.1) is 0 Å². The molecule has 0 amide bonds. The van der Waals surface area contributed by atoms with Crippen LogP contribution in [0.2, 0.25) is 12.6 Å². The maximum Gasteiger partial charge on any atom is 0.460 e. The summed E-state index contributed by atoms with van der Waals surface area (Å²) in [6.07, 6.45) is -8.25. The third-order valence-corrected chi connectivity index (χ3v) is 8.65. The van der Waals surface area contributed by atoms with E-state index in [-0.39, 0.29) is 13.0 Å². The first-order valence-electron chi connectivity index (χ1n) is 8.06. The van der Waals surface area contributed by atoms with E-state index in [1.165, 1.54) is 0 Å². The van der Waals surface area contributed by atoms with Gasteiger partial charge in [0.1, 0.15) is 0 Å². The van der Waals surface area contributed by atoms with Gasteiger partial charge >= 0.3 is 47.3 Å². The molecule has 1 aliphatic heterocycles. The van der Waals surface area contributed by atoms with Crippen molar-refractivity contribution in [2.75, 3.05) is 6.61 Å². The second-order valence-corrected chi connectivity index (χ2v) is 10.9. The van der Waals surface area contributed by atoms with Gasteiger partial charge < -0.3 is 4.43 Å². The second-order valence-electron chi connectivity index (χ2n) is 7.05. The molecule has 0 aromatic rings. The van der Waals surface area contributed by atoms with Gasteiger partial charge in [0, 0.05) is 6.61 Å². The summed E-state index contributed by atoms with van der Waals surface area (Å²) in [6, 6.07) is -1.12. The van der Waals surface area contributed by atoms with Gasteiger partial charge in [-0.2, -0.15) is 65.9 Å². The van der Waals surface area contributed by atoms with Crippen LogP contribution in [0.25, 0.3) is 0 Å². The minimum absolute atomic E-state index is 0.0897. The molecule has 0 radical (unpaired) electrons. The van der Waals surface area contributed by atoms with E-state index in [2.05, 4.69) is 4.43 Å². The van der Waals surface area contributed by atoms with Gasteiger partial charge in [-0.05, 0) is 19.0 Å². The van der Waals surface area contributed by atoms with Crippen LogP contribution in [0.1, 0.15) is 12.8 Å². The van der Waals surface area contributed by atoms with Crippen LogP contribution < -0.4 is 0 Å². The topological polar surface area (TPSA) is 9.23 Å². The van der Waals surface area contributed by atoms with Crippen LogP contribution >= 0.6 is 0 Å². The van der Waals surface area contributed by atoms with Crippen molar-refractivity contribution in [2.45, 2.75) is 72.7 Å². The molecule has 0 N–H and O–H groups in total. The minimum Gasteiger partial charge on any atom is -0.410 e. The van der Waals surface area contributed by atoms with Gasteiger partial charge in [0.05, 0.1) is 0 Å². The summed E-state index contributed by atoms with van der Waals surface area (Å²) in [7, 11) is -5.52. The first-order valence-corrected chi connectivity index (χ1v) is 10.7. The lowest BCUT2D eigenvalue weighted by atomic mass is 9.91. The van der Waals surface area contributed by atoms with E-state index in [9.17, 15) is 74.6 Å². The molecule has 1 nitrogen and oxygen atoms in total. The largest absolute Gasteiger partial charge is 0.460 e. The Kier molecular flexibility index (Phi) is 6.80. The number of rotatable bonds is 7. The van der Waals surface area contributed by atoms with Crippen LogP contribution in [0.4, 0.5) is 74.6 Å². The molecule has 1 heterocycles. The van der Waals surface area contributed by atoms with Crippen molar-refractivity contribution >= 4 is 8.32 Å². The minimum atomic E-state index is -8.60. The third kappa shape index (κ3) is 3.46. The SMILES string of the molecule is C[Si]1(C(F)(F)C(F)(F)C(F)(F)C(F)(F)C(F)(F)C(F)(F)C(F)(F)C(F)(F)F)CCCCO1. The van der Waals surface area contributed by atoms with Crippen LogP contribution in [-0.2, 0) is 4.43 Å². The number of alkyl halides is 17. The lowest BCUT2D eigenvalue weighted by Gasteiger charge is -2.46. The monoisotopic (exact) mass is 534 g/mol. The quantitative estimate of drug-likeness (QED) is 0.255. The Bertz CT molecular complexity index is 691. The van der Waals surface area contributed by atoms with E-state index >= 15 is 0 Å². The number of halogens is 17. The fraction of sp³-hybridized carbons (Fsp3) is 1.00. The van der Waals surface area contributed by atoms with Gasteiger partial charge in [0.2, 0.25) is 0 Å². The van der Waals surface area contributed by atoms with Crippen molar-refractivity contribution in [2.24, 2.45) is 0 Å². The van der Waals surface area contributed by atoms with Gasteiger partial charge in [0.15, 0.2) is 0 Å². The summed E-state index contributed by atoms with van der Waals surface area (Å²) >= 11 is 0. The Labute approximate surface area is 168 Å². The summed E-state index contributed by atoms with van der Waals surface area (Å²) in [4.78, 5) is 0. The number of hydrogen-bond donors (Lipinski definition) is 0. The van der Waals surface area contributed by atoms with Crippen LogP contribution in [0.15, 0.2) is 0 Å².